The van der Waals surface area contributed by atoms with Gasteiger partial charge in [-0.05, 0) is 47.4 Å². The van der Waals surface area contributed by atoms with Crippen LogP contribution in [0.4, 0.5) is 13.2 Å². The van der Waals surface area contributed by atoms with E-state index in [4.69, 9.17) is 4.74 Å². The van der Waals surface area contributed by atoms with Gasteiger partial charge in [0.15, 0.2) is 0 Å². The summed E-state index contributed by atoms with van der Waals surface area (Å²) in [4.78, 5) is 32.9. The Balaban J connectivity index is 1.53. The summed E-state index contributed by atoms with van der Waals surface area (Å²) < 4.78 is 44.4. The van der Waals surface area contributed by atoms with E-state index in [-0.39, 0.29) is 38.1 Å². The topological polar surface area (TPSA) is 65.6 Å². The maximum absolute atomic E-state index is 13.6. The molecule has 4 rings (SSSR count). The molecule has 0 saturated carbocycles. The maximum atomic E-state index is 13.6. The van der Waals surface area contributed by atoms with Crippen LogP contribution in [0.1, 0.15) is 22.3 Å². The summed E-state index contributed by atoms with van der Waals surface area (Å²) in [7, 11) is 1.52. The van der Waals surface area contributed by atoms with Crippen LogP contribution < -0.4 is 0 Å². The summed E-state index contributed by atoms with van der Waals surface area (Å²) in [5.74, 6) is -0.660. The Morgan fingerprint density at radius 2 is 1.61 bits per heavy atom. The first-order chi connectivity index (χ1) is 19.7. The van der Waals surface area contributed by atoms with Gasteiger partial charge in [-0.3, -0.25) is 9.59 Å². The number of ether oxygens (including phenoxy) is 1. The molecule has 214 valence electrons. The number of hydrogen-bond donors (Lipinski definition) is 1. The van der Waals surface area contributed by atoms with Crippen molar-refractivity contribution in [2.45, 2.75) is 19.1 Å². The van der Waals surface area contributed by atoms with Crippen LogP contribution in [0.25, 0.3) is 17.0 Å². The molecule has 1 heterocycles. The molecule has 0 bridgehead atoms. The number of rotatable bonds is 12. The van der Waals surface area contributed by atoms with Crippen LogP contribution >= 0.6 is 0 Å². The normalized spacial score (nSPS) is 11.7. The summed E-state index contributed by atoms with van der Waals surface area (Å²) in [6.07, 6.45) is 1.08. The van der Waals surface area contributed by atoms with Crippen LogP contribution in [-0.4, -0.2) is 59.9 Å². The Morgan fingerprint density at radius 1 is 0.902 bits per heavy atom. The number of methoxy groups -OCH3 is 1. The van der Waals surface area contributed by atoms with Crippen molar-refractivity contribution in [3.8, 4) is 0 Å². The monoisotopic (exact) mass is 563 g/mol. The van der Waals surface area contributed by atoms with Crippen molar-refractivity contribution in [3.63, 3.8) is 0 Å². The quantitative estimate of drug-likeness (QED) is 0.217. The fourth-order valence-electron chi connectivity index (χ4n) is 4.47. The smallest absolute Gasteiger partial charge is 0.383 e. The van der Waals surface area contributed by atoms with Crippen molar-refractivity contribution in [1.29, 1.82) is 0 Å². The van der Waals surface area contributed by atoms with Crippen LogP contribution in [0.5, 0.6) is 0 Å². The lowest BCUT2D eigenvalue weighted by molar-refractivity contribution is -0.139. The van der Waals surface area contributed by atoms with Gasteiger partial charge >= 0.3 is 6.18 Å². The second-order valence-corrected chi connectivity index (χ2v) is 9.62. The highest BCUT2D eigenvalue weighted by Crippen LogP contribution is 2.29. The third-order valence-electron chi connectivity index (χ3n) is 6.75. The van der Waals surface area contributed by atoms with E-state index in [9.17, 15) is 22.8 Å². The van der Waals surface area contributed by atoms with Gasteiger partial charge < -0.3 is 19.5 Å². The van der Waals surface area contributed by atoms with Gasteiger partial charge in [-0.1, -0.05) is 60.7 Å². The first-order valence-corrected chi connectivity index (χ1v) is 13.2. The van der Waals surface area contributed by atoms with Crippen molar-refractivity contribution in [1.82, 2.24) is 14.8 Å². The first-order valence-electron chi connectivity index (χ1n) is 13.2. The molecule has 6 nitrogen and oxygen atoms in total. The van der Waals surface area contributed by atoms with Gasteiger partial charge in [-0.15, -0.1) is 0 Å². The molecule has 0 unspecified atom stereocenters. The number of benzene rings is 3. The third kappa shape index (κ3) is 8.31. The number of nitrogens with zero attached hydrogens (tertiary/aromatic N) is 2. The van der Waals surface area contributed by atoms with E-state index in [1.165, 1.54) is 30.2 Å². The van der Waals surface area contributed by atoms with E-state index >= 15 is 0 Å². The molecule has 0 saturated heterocycles. The largest absolute Gasteiger partial charge is 0.416 e. The van der Waals surface area contributed by atoms with Crippen molar-refractivity contribution in [2.75, 3.05) is 33.4 Å². The van der Waals surface area contributed by atoms with Gasteiger partial charge in [0.2, 0.25) is 11.8 Å². The Kier molecular flexibility index (Phi) is 9.97. The van der Waals surface area contributed by atoms with E-state index in [1.807, 2.05) is 60.8 Å². The molecule has 1 N–H and O–H groups in total. The Morgan fingerprint density at radius 3 is 2.32 bits per heavy atom. The van der Waals surface area contributed by atoms with Gasteiger partial charge in [0.25, 0.3) is 0 Å². The standard InChI is InChI=1S/C32H32F3N3O3/c1-41-20-19-38(30(39)16-13-24-7-3-2-4-8-24)23-31(40)37(22-25-11-14-27(15-12-25)32(33,34)35)18-17-26-21-36-29-10-6-5-9-28(26)29/h2-16,21,36H,17-20,22-23H2,1H3/b16-13+. The summed E-state index contributed by atoms with van der Waals surface area (Å²) >= 11 is 0. The number of hydrogen-bond acceptors (Lipinski definition) is 3. The first kappa shape index (κ1) is 29.6. The summed E-state index contributed by atoms with van der Waals surface area (Å²) in [6.45, 7) is 0.665. The minimum atomic E-state index is -4.45. The fourth-order valence-corrected chi connectivity index (χ4v) is 4.47. The number of aromatic nitrogens is 1. The molecule has 0 aliphatic heterocycles. The number of carbonyl (C=O) groups is 2. The SMILES string of the molecule is COCCN(CC(=O)N(CCc1c[nH]c2ccccc12)Cc1ccc(C(F)(F)F)cc1)C(=O)/C=C/c1ccccc1. The summed E-state index contributed by atoms with van der Waals surface area (Å²) in [5, 5.41) is 1.04. The zero-order valence-corrected chi connectivity index (χ0v) is 22.7. The number of amides is 2. The zero-order valence-electron chi connectivity index (χ0n) is 22.7. The molecule has 3 aromatic carbocycles. The average Bonchev–Trinajstić information content (AvgIpc) is 3.39. The molecular formula is C32H32F3N3O3. The van der Waals surface area contributed by atoms with E-state index in [2.05, 4.69) is 4.98 Å². The van der Waals surface area contributed by atoms with Crippen LogP contribution in [0.15, 0.2) is 91.1 Å². The number of fused-ring (bicyclic) bond motifs is 1. The molecule has 0 aliphatic rings. The molecule has 0 fully saturated rings. The molecule has 41 heavy (non-hydrogen) atoms. The average molecular weight is 564 g/mol. The second-order valence-electron chi connectivity index (χ2n) is 9.62. The summed E-state index contributed by atoms with van der Waals surface area (Å²) in [5.41, 5.74) is 2.65. The third-order valence-corrected chi connectivity index (χ3v) is 6.75. The highest BCUT2D eigenvalue weighted by Gasteiger charge is 2.30. The number of halogens is 3. The Bertz CT molecular complexity index is 1460. The highest BCUT2D eigenvalue weighted by atomic mass is 19.4. The fraction of sp³-hybridized carbons (Fsp3) is 0.250. The van der Waals surface area contributed by atoms with E-state index in [1.54, 1.807) is 11.0 Å². The van der Waals surface area contributed by atoms with Crippen LogP contribution in [-0.2, 0) is 33.5 Å². The molecule has 2 amide bonds. The van der Waals surface area contributed by atoms with Crippen LogP contribution in [0, 0.1) is 0 Å². The number of para-hydroxylation sites is 1. The number of alkyl halides is 3. The number of carbonyl (C=O) groups excluding carboxylic acids is 2. The molecule has 0 atom stereocenters. The number of H-pyrrole nitrogens is 1. The van der Waals surface area contributed by atoms with E-state index < -0.39 is 11.7 Å². The predicted octanol–water partition coefficient (Wildman–Crippen LogP) is 5.95. The molecule has 0 radical (unpaired) electrons. The summed E-state index contributed by atoms with van der Waals surface area (Å²) in [6, 6.07) is 22.0. The molecule has 9 heteroatoms. The van der Waals surface area contributed by atoms with Crippen LogP contribution in [0.2, 0.25) is 0 Å². The second kappa shape index (κ2) is 13.8. The minimum absolute atomic E-state index is 0.103. The molecular weight excluding hydrogens is 531 g/mol. The predicted molar refractivity (Wildman–Crippen MR) is 153 cm³/mol. The lowest BCUT2D eigenvalue weighted by atomic mass is 10.1. The van der Waals surface area contributed by atoms with Crippen molar-refractivity contribution in [3.05, 3.63) is 113 Å². The van der Waals surface area contributed by atoms with Crippen molar-refractivity contribution in [2.24, 2.45) is 0 Å². The van der Waals surface area contributed by atoms with Crippen LogP contribution in [0.3, 0.4) is 0 Å². The number of nitrogens with one attached hydrogen (secondary N) is 1. The van der Waals surface area contributed by atoms with Gasteiger partial charge in [-0.2, -0.15) is 13.2 Å². The molecule has 0 spiro atoms. The van der Waals surface area contributed by atoms with Crippen molar-refractivity contribution < 1.29 is 27.5 Å². The van der Waals surface area contributed by atoms with Gasteiger partial charge in [0.1, 0.15) is 6.54 Å². The zero-order chi connectivity index (χ0) is 29.2. The minimum Gasteiger partial charge on any atom is -0.383 e. The Hall–Kier alpha value is -4.37. The van der Waals surface area contributed by atoms with E-state index in [0.29, 0.717) is 18.5 Å². The highest BCUT2D eigenvalue weighted by molar-refractivity contribution is 5.94. The van der Waals surface area contributed by atoms with Gasteiger partial charge in [0.05, 0.1) is 12.2 Å². The molecule has 1 aromatic heterocycles. The lowest BCUT2D eigenvalue weighted by Gasteiger charge is -2.27. The van der Waals surface area contributed by atoms with Gasteiger partial charge in [-0.25, -0.2) is 0 Å². The number of aromatic amines is 1. The molecule has 0 aliphatic carbocycles. The lowest BCUT2D eigenvalue weighted by Crippen LogP contribution is -2.44. The van der Waals surface area contributed by atoms with Gasteiger partial charge in [0, 0.05) is 49.9 Å². The Labute approximate surface area is 237 Å². The molecule has 4 aromatic rings. The van der Waals surface area contributed by atoms with E-state index in [0.717, 1.165) is 34.2 Å². The maximum Gasteiger partial charge on any atom is 0.416 e. The van der Waals surface area contributed by atoms with Crippen molar-refractivity contribution >= 4 is 28.8 Å².